The predicted octanol–water partition coefficient (Wildman–Crippen LogP) is 1.58. The van der Waals surface area contributed by atoms with Crippen LogP contribution in [0.1, 0.15) is 31.4 Å². The van der Waals surface area contributed by atoms with E-state index in [1.54, 1.807) is 0 Å². The molecule has 216 valence electrons. The Bertz CT molecular complexity index is 1270. The third kappa shape index (κ3) is 6.93. The van der Waals surface area contributed by atoms with E-state index in [1.807, 2.05) is 27.0 Å². The Balaban J connectivity index is 0.00000118. The Morgan fingerprint density at radius 3 is 2.83 bits per heavy atom. The lowest BCUT2D eigenvalue weighted by molar-refractivity contribution is -0.123. The lowest BCUT2D eigenvalue weighted by Crippen LogP contribution is -2.38. The number of rotatable bonds is 8. The standard InChI is InChI=1S/C25H31FN6O5.CH2O2/c1-25(2,27)13-36-17-7-14-6-15(8-18(14)19(26)9-17)31(3)5-4-16-11-32(24(34)37-16)20-10-28-23-22(29-20)30-21(33)12-35-23;2-1-3/h7,9-10,15-16H,4-6,8,11-13,27H2,1-3H3,(H,29,30,33);1H,(H,2,3)/t15?,16-;/m1./s1. The van der Waals surface area contributed by atoms with Crippen LogP contribution in [0.2, 0.25) is 0 Å². The number of nitrogens with one attached hydrogen (secondary N) is 1. The topological polar surface area (TPSA) is 169 Å². The second-order valence-electron chi connectivity index (χ2n) is 10.6. The summed E-state index contributed by atoms with van der Waals surface area (Å²) in [7, 11) is 2.00. The zero-order valence-corrected chi connectivity index (χ0v) is 22.6. The van der Waals surface area contributed by atoms with Crippen LogP contribution in [-0.4, -0.2) is 89.5 Å². The minimum atomic E-state index is -0.520. The largest absolute Gasteiger partial charge is 0.492 e. The summed E-state index contributed by atoms with van der Waals surface area (Å²) in [5.74, 6) is 0.575. The number of carbonyl (C=O) groups excluding carboxylic acids is 2. The molecule has 0 radical (unpaired) electrons. The van der Waals surface area contributed by atoms with Gasteiger partial charge in [0.1, 0.15) is 24.3 Å². The number of carboxylic acid groups (broad SMARTS) is 1. The normalized spacial score (nSPS) is 19.6. The van der Waals surface area contributed by atoms with Crippen molar-refractivity contribution >= 4 is 30.1 Å². The van der Waals surface area contributed by atoms with Gasteiger partial charge in [-0.2, -0.15) is 0 Å². The number of hydrogen-bond donors (Lipinski definition) is 3. The number of amides is 2. The van der Waals surface area contributed by atoms with Gasteiger partial charge in [0.05, 0.1) is 12.7 Å². The summed E-state index contributed by atoms with van der Waals surface area (Å²) >= 11 is 0. The van der Waals surface area contributed by atoms with Crippen molar-refractivity contribution < 1.29 is 38.1 Å². The molecule has 40 heavy (non-hydrogen) atoms. The summed E-state index contributed by atoms with van der Waals surface area (Å²) in [5, 5.41) is 9.48. The lowest BCUT2D eigenvalue weighted by atomic mass is 10.1. The zero-order valence-electron chi connectivity index (χ0n) is 22.6. The number of nitrogens with two attached hydrogens (primary N) is 1. The monoisotopic (exact) mass is 560 g/mol. The molecule has 4 N–H and O–H groups in total. The van der Waals surface area contributed by atoms with Gasteiger partial charge >= 0.3 is 6.09 Å². The molecule has 2 aliphatic heterocycles. The molecule has 2 amide bonds. The number of ether oxygens (including phenoxy) is 3. The minimum absolute atomic E-state index is 0.122. The summed E-state index contributed by atoms with van der Waals surface area (Å²) in [6, 6.07) is 3.47. The first kappa shape index (κ1) is 29.0. The minimum Gasteiger partial charge on any atom is -0.492 e. The number of anilines is 2. The van der Waals surface area contributed by atoms with Crippen molar-refractivity contribution in [1.29, 1.82) is 0 Å². The molecule has 5 rings (SSSR count). The average molecular weight is 561 g/mol. The molecule has 0 saturated carbocycles. The van der Waals surface area contributed by atoms with E-state index in [0.717, 1.165) is 11.1 Å². The Hall–Kier alpha value is -4.04. The van der Waals surface area contributed by atoms with Crippen molar-refractivity contribution in [1.82, 2.24) is 14.9 Å². The van der Waals surface area contributed by atoms with Gasteiger partial charge in [-0.15, -0.1) is 0 Å². The molecule has 3 heterocycles. The molecular weight excluding hydrogens is 527 g/mol. The number of likely N-dealkylation sites (N-methyl/N-ethyl adjacent to an activating group) is 1. The number of hydrogen-bond acceptors (Lipinski definition) is 10. The van der Waals surface area contributed by atoms with E-state index in [0.29, 0.717) is 44.7 Å². The van der Waals surface area contributed by atoms with Crippen molar-refractivity contribution in [3.8, 4) is 11.6 Å². The molecular formula is C26H33FN6O7. The Labute approximate surface area is 230 Å². The summed E-state index contributed by atoms with van der Waals surface area (Å²) in [6.45, 7) is 4.62. The molecule has 0 bridgehead atoms. The van der Waals surface area contributed by atoms with Crippen LogP contribution in [0, 0.1) is 5.82 Å². The van der Waals surface area contributed by atoms with Crippen LogP contribution in [0.4, 0.5) is 20.8 Å². The molecule has 3 aliphatic rings. The first-order valence-corrected chi connectivity index (χ1v) is 12.8. The van der Waals surface area contributed by atoms with E-state index in [1.165, 1.54) is 17.2 Å². The van der Waals surface area contributed by atoms with Crippen molar-refractivity contribution in [2.45, 2.75) is 50.8 Å². The number of nitrogens with zero attached hydrogens (tertiary/aromatic N) is 4. The van der Waals surface area contributed by atoms with Crippen LogP contribution in [0.25, 0.3) is 0 Å². The highest BCUT2D eigenvalue weighted by atomic mass is 19.1. The van der Waals surface area contributed by atoms with Gasteiger partial charge in [-0.1, -0.05) is 0 Å². The fourth-order valence-electron chi connectivity index (χ4n) is 4.68. The average Bonchev–Trinajstić information content (AvgIpc) is 3.49. The Kier molecular flexibility index (Phi) is 8.69. The van der Waals surface area contributed by atoms with Crippen LogP contribution in [0.3, 0.4) is 0 Å². The molecule has 1 aromatic heterocycles. The van der Waals surface area contributed by atoms with E-state index < -0.39 is 11.6 Å². The SMILES string of the molecule is CN(CC[C@@H]1CN(c2cnc3c(n2)NC(=O)CO3)C(=O)O1)C1Cc2cc(OCC(C)(C)N)cc(F)c2C1.O=CO. The predicted molar refractivity (Wildman–Crippen MR) is 141 cm³/mol. The van der Waals surface area contributed by atoms with Crippen molar-refractivity contribution in [3.05, 3.63) is 35.3 Å². The van der Waals surface area contributed by atoms with Gasteiger partial charge in [0.25, 0.3) is 18.3 Å². The van der Waals surface area contributed by atoms with E-state index in [2.05, 4.69) is 20.2 Å². The van der Waals surface area contributed by atoms with Gasteiger partial charge in [-0.25, -0.2) is 19.2 Å². The molecule has 0 spiro atoms. The van der Waals surface area contributed by atoms with Crippen molar-refractivity contribution in [3.63, 3.8) is 0 Å². The van der Waals surface area contributed by atoms with E-state index in [4.69, 9.17) is 29.8 Å². The fraction of sp³-hybridized carbons (Fsp3) is 0.500. The third-order valence-electron chi connectivity index (χ3n) is 6.67. The summed E-state index contributed by atoms with van der Waals surface area (Å²) in [5.41, 5.74) is 7.14. The highest BCUT2D eigenvalue weighted by molar-refractivity contribution is 5.94. The quantitative estimate of drug-likeness (QED) is 0.401. The number of halogens is 1. The molecule has 2 aromatic rings. The number of benzene rings is 1. The number of fused-ring (bicyclic) bond motifs is 2. The van der Waals surface area contributed by atoms with Crippen LogP contribution < -0.4 is 25.4 Å². The summed E-state index contributed by atoms with van der Waals surface area (Å²) in [6.07, 6.45) is 2.48. The maximum Gasteiger partial charge on any atom is 0.415 e. The van der Waals surface area contributed by atoms with Gasteiger partial charge < -0.3 is 35.3 Å². The van der Waals surface area contributed by atoms with Crippen LogP contribution in [0.5, 0.6) is 11.6 Å². The Morgan fingerprint density at radius 1 is 1.35 bits per heavy atom. The van der Waals surface area contributed by atoms with E-state index in [9.17, 15) is 14.0 Å². The first-order chi connectivity index (χ1) is 19.0. The van der Waals surface area contributed by atoms with Crippen molar-refractivity contribution in [2.75, 3.05) is 43.6 Å². The molecule has 1 aliphatic carbocycles. The van der Waals surface area contributed by atoms with E-state index >= 15 is 0 Å². The molecule has 1 fully saturated rings. The highest BCUT2D eigenvalue weighted by Crippen LogP contribution is 2.32. The zero-order chi connectivity index (χ0) is 29.0. The maximum atomic E-state index is 14.8. The first-order valence-electron chi connectivity index (χ1n) is 12.8. The van der Waals surface area contributed by atoms with E-state index in [-0.39, 0.29) is 54.5 Å². The van der Waals surface area contributed by atoms with Gasteiger partial charge in [0, 0.05) is 24.2 Å². The molecule has 1 unspecified atom stereocenters. The smallest absolute Gasteiger partial charge is 0.415 e. The number of aromatic nitrogens is 2. The molecule has 1 aromatic carbocycles. The van der Waals surface area contributed by atoms with Crippen LogP contribution in [-0.2, 0) is 27.2 Å². The second kappa shape index (κ2) is 12.0. The van der Waals surface area contributed by atoms with Gasteiger partial charge in [0.15, 0.2) is 18.2 Å². The maximum absolute atomic E-state index is 14.8. The third-order valence-corrected chi connectivity index (χ3v) is 6.67. The van der Waals surface area contributed by atoms with Gasteiger partial charge in [-0.05, 0) is 57.4 Å². The van der Waals surface area contributed by atoms with Crippen LogP contribution >= 0.6 is 0 Å². The molecule has 13 nitrogen and oxygen atoms in total. The molecule has 2 atom stereocenters. The fourth-order valence-corrected chi connectivity index (χ4v) is 4.68. The van der Waals surface area contributed by atoms with Crippen LogP contribution in [0.15, 0.2) is 18.3 Å². The summed E-state index contributed by atoms with van der Waals surface area (Å²) in [4.78, 5) is 44.4. The lowest BCUT2D eigenvalue weighted by Gasteiger charge is -2.25. The number of cyclic esters (lactones) is 1. The molecule has 1 saturated heterocycles. The number of carbonyl (C=O) groups is 3. The van der Waals surface area contributed by atoms with Crippen molar-refractivity contribution in [2.24, 2.45) is 5.73 Å². The van der Waals surface area contributed by atoms with Gasteiger partial charge in [0.2, 0.25) is 0 Å². The Morgan fingerprint density at radius 2 is 2.10 bits per heavy atom. The molecule has 14 heteroatoms. The second-order valence-corrected chi connectivity index (χ2v) is 10.6. The summed E-state index contributed by atoms with van der Waals surface area (Å²) < 4.78 is 31.3. The highest BCUT2D eigenvalue weighted by Gasteiger charge is 2.35. The van der Waals surface area contributed by atoms with Gasteiger partial charge in [-0.3, -0.25) is 14.5 Å².